The summed E-state index contributed by atoms with van der Waals surface area (Å²) >= 11 is 3.29. The van der Waals surface area contributed by atoms with E-state index in [-0.39, 0.29) is 17.2 Å². The van der Waals surface area contributed by atoms with E-state index in [4.69, 9.17) is 0 Å². The van der Waals surface area contributed by atoms with Crippen molar-refractivity contribution in [3.63, 3.8) is 0 Å². The molecule has 4 nitrogen and oxygen atoms in total. The number of hydrogen-bond acceptors (Lipinski definition) is 3. The molecule has 2 aromatic rings. The summed E-state index contributed by atoms with van der Waals surface area (Å²) in [4.78, 5) is 12.7. The van der Waals surface area contributed by atoms with Gasteiger partial charge in [-0.3, -0.25) is 4.79 Å². The molecule has 0 amide bonds. The van der Waals surface area contributed by atoms with E-state index in [1.54, 1.807) is 50.2 Å². The van der Waals surface area contributed by atoms with E-state index < -0.39 is 16.1 Å². The van der Waals surface area contributed by atoms with Crippen LogP contribution in [0.5, 0.6) is 0 Å². The molecular formula is C17H18BrNO3S. The Morgan fingerprint density at radius 3 is 2.17 bits per heavy atom. The van der Waals surface area contributed by atoms with Crippen LogP contribution in [-0.4, -0.2) is 31.1 Å². The van der Waals surface area contributed by atoms with Crippen molar-refractivity contribution in [3.05, 3.63) is 64.6 Å². The van der Waals surface area contributed by atoms with Crippen molar-refractivity contribution in [2.75, 3.05) is 6.54 Å². The maximum Gasteiger partial charge on any atom is 0.243 e. The monoisotopic (exact) mass is 395 g/mol. The van der Waals surface area contributed by atoms with Crippen LogP contribution < -0.4 is 0 Å². The fourth-order valence-electron chi connectivity index (χ4n) is 2.37. The summed E-state index contributed by atoms with van der Waals surface area (Å²) in [5.74, 6) is -0.215. The minimum Gasteiger partial charge on any atom is -0.292 e. The summed E-state index contributed by atoms with van der Waals surface area (Å²) in [5, 5.41) is 0. The van der Waals surface area contributed by atoms with Gasteiger partial charge in [0.05, 0.1) is 10.9 Å². The Kier molecular flexibility index (Phi) is 5.73. The quantitative estimate of drug-likeness (QED) is 0.700. The Hall–Kier alpha value is -1.50. The zero-order chi connectivity index (χ0) is 17.0. The predicted molar refractivity (Wildman–Crippen MR) is 93.9 cm³/mol. The third-order valence-corrected chi connectivity index (χ3v) is 6.19. The summed E-state index contributed by atoms with van der Waals surface area (Å²) in [6.45, 7) is 3.57. The van der Waals surface area contributed by atoms with E-state index in [0.29, 0.717) is 5.56 Å². The highest BCUT2D eigenvalue weighted by Crippen LogP contribution is 2.22. The number of hydrogen-bond donors (Lipinski definition) is 0. The van der Waals surface area contributed by atoms with E-state index in [2.05, 4.69) is 15.9 Å². The molecule has 1 atom stereocenters. The summed E-state index contributed by atoms with van der Waals surface area (Å²) in [5.41, 5.74) is 0.504. The van der Waals surface area contributed by atoms with Crippen LogP contribution in [0.1, 0.15) is 24.2 Å². The smallest absolute Gasteiger partial charge is 0.243 e. The lowest BCUT2D eigenvalue weighted by atomic mass is 10.1. The number of carbonyl (C=O) groups is 1. The first kappa shape index (κ1) is 17.8. The molecule has 0 saturated carbocycles. The van der Waals surface area contributed by atoms with E-state index in [1.165, 1.54) is 16.4 Å². The van der Waals surface area contributed by atoms with Gasteiger partial charge < -0.3 is 0 Å². The minimum absolute atomic E-state index is 0.176. The second-order valence-electron chi connectivity index (χ2n) is 5.07. The summed E-state index contributed by atoms with van der Waals surface area (Å²) in [7, 11) is -3.73. The molecule has 0 aliphatic rings. The average molecular weight is 396 g/mol. The maximum absolute atomic E-state index is 12.8. The number of benzene rings is 2. The second-order valence-corrected chi connectivity index (χ2v) is 7.87. The molecule has 0 aromatic heterocycles. The Morgan fingerprint density at radius 2 is 1.65 bits per heavy atom. The summed E-state index contributed by atoms with van der Waals surface area (Å²) < 4.78 is 27.6. The lowest BCUT2D eigenvalue weighted by Crippen LogP contribution is -2.43. The van der Waals surface area contributed by atoms with Crippen molar-refractivity contribution in [2.24, 2.45) is 0 Å². The van der Waals surface area contributed by atoms with Gasteiger partial charge in [0.2, 0.25) is 10.0 Å². The molecule has 2 aromatic carbocycles. The molecule has 1 unspecified atom stereocenters. The van der Waals surface area contributed by atoms with Crippen molar-refractivity contribution >= 4 is 31.7 Å². The number of rotatable bonds is 6. The Bertz CT molecular complexity index is 773. The lowest BCUT2D eigenvalue weighted by molar-refractivity contribution is 0.0910. The fraction of sp³-hybridized carbons (Fsp3) is 0.235. The largest absolute Gasteiger partial charge is 0.292 e. The van der Waals surface area contributed by atoms with Crippen molar-refractivity contribution in [3.8, 4) is 0 Å². The zero-order valence-electron chi connectivity index (χ0n) is 12.9. The average Bonchev–Trinajstić information content (AvgIpc) is 2.55. The normalized spacial score (nSPS) is 13.0. The van der Waals surface area contributed by atoms with E-state index in [1.807, 2.05) is 6.07 Å². The van der Waals surface area contributed by atoms with Gasteiger partial charge in [0, 0.05) is 16.6 Å². The molecule has 0 bridgehead atoms. The molecule has 0 heterocycles. The SMILES string of the molecule is CCN(C(C)C(=O)c1ccccc1)S(=O)(=O)c1ccc(Br)cc1. The molecule has 0 fully saturated rings. The number of halogens is 1. The van der Waals surface area contributed by atoms with Gasteiger partial charge in [0.25, 0.3) is 0 Å². The van der Waals surface area contributed by atoms with Gasteiger partial charge in [-0.15, -0.1) is 0 Å². The fourth-order valence-corrected chi connectivity index (χ4v) is 4.24. The molecule has 0 aliphatic carbocycles. The van der Waals surface area contributed by atoms with Crippen LogP contribution in [-0.2, 0) is 10.0 Å². The van der Waals surface area contributed by atoms with Gasteiger partial charge in [0.1, 0.15) is 0 Å². The van der Waals surface area contributed by atoms with Crippen LogP contribution in [0.25, 0.3) is 0 Å². The molecule has 0 aliphatic heterocycles. The molecule has 0 spiro atoms. The minimum atomic E-state index is -3.73. The Labute approximate surface area is 145 Å². The first-order chi connectivity index (χ1) is 10.9. The summed E-state index contributed by atoms with van der Waals surface area (Å²) in [6, 6.07) is 14.4. The van der Waals surface area contributed by atoms with Crippen molar-refractivity contribution < 1.29 is 13.2 Å². The molecule has 0 radical (unpaired) electrons. The van der Waals surface area contributed by atoms with Crippen molar-refractivity contribution in [1.82, 2.24) is 4.31 Å². The van der Waals surface area contributed by atoms with Gasteiger partial charge in [0.15, 0.2) is 5.78 Å². The lowest BCUT2D eigenvalue weighted by Gasteiger charge is -2.26. The predicted octanol–water partition coefficient (Wildman–Crippen LogP) is 3.73. The van der Waals surface area contributed by atoms with Crippen molar-refractivity contribution in [1.29, 1.82) is 0 Å². The Balaban J connectivity index is 2.34. The number of sulfonamides is 1. The highest BCUT2D eigenvalue weighted by Gasteiger charge is 2.32. The van der Waals surface area contributed by atoms with Crippen LogP contribution in [0.3, 0.4) is 0 Å². The Morgan fingerprint density at radius 1 is 1.09 bits per heavy atom. The molecule has 0 saturated heterocycles. The standard InChI is InChI=1S/C17H18BrNO3S/c1-3-19(13(2)17(20)14-7-5-4-6-8-14)23(21,22)16-11-9-15(18)10-12-16/h4-13H,3H2,1-2H3. The van der Waals surface area contributed by atoms with Crippen LogP contribution in [0, 0.1) is 0 Å². The molecule has 6 heteroatoms. The van der Waals surface area contributed by atoms with Crippen LogP contribution in [0.15, 0.2) is 64.0 Å². The van der Waals surface area contributed by atoms with Gasteiger partial charge in [-0.1, -0.05) is 53.2 Å². The van der Waals surface area contributed by atoms with Gasteiger partial charge >= 0.3 is 0 Å². The van der Waals surface area contributed by atoms with E-state index in [9.17, 15) is 13.2 Å². The molecule has 0 N–H and O–H groups in total. The molecule has 2 rings (SSSR count). The van der Waals surface area contributed by atoms with Gasteiger partial charge in [-0.25, -0.2) is 8.42 Å². The number of ketones is 1. The number of carbonyl (C=O) groups excluding carboxylic acids is 1. The van der Waals surface area contributed by atoms with Crippen LogP contribution in [0.4, 0.5) is 0 Å². The number of nitrogens with zero attached hydrogens (tertiary/aromatic N) is 1. The molecular weight excluding hydrogens is 378 g/mol. The topological polar surface area (TPSA) is 54.5 Å². The van der Waals surface area contributed by atoms with Crippen LogP contribution >= 0.6 is 15.9 Å². The molecule has 122 valence electrons. The number of Topliss-reactive ketones (excluding diaryl/α,β-unsaturated/α-hetero) is 1. The van der Waals surface area contributed by atoms with E-state index in [0.717, 1.165) is 4.47 Å². The maximum atomic E-state index is 12.8. The second kappa shape index (κ2) is 7.38. The van der Waals surface area contributed by atoms with Crippen LogP contribution in [0.2, 0.25) is 0 Å². The van der Waals surface area contributed by atoms with Gasteiger partial charge in [-0.05, 0) is 31.2 Å². The highest BCUT2D eigenvalue weighted by atomic mass is 79.9. The van der Waals surface area contributed by atoms with E-state index >= 15 is 0 Å². The molecule has 23 heavy (non-hydrogen) atoms. The highest BCUT2D eigenvalue weighted by molar-refractivity contribution is 9.10. The third kappa shape index (κ3) is 3.88. The first-order valence-electron chi connectivity index (χ1n) is 7.24. The third-order valence-electron chi connectivity index (χ3n) is 3.60. The van der Waals surface area contributed by atoms with Crippen molar-refractivity contribution in [2.45, 2.75) is 24.8 Å². The van der Waals surface area contributed by atoms with Gasteiger partial charge in [-0.2, -0.15) is 4.31 Å². The number of likely N-dealkylation sites (N-methyl/N-ethyl adjacent to an activating group) is 1. The zero-order valence-corrected chi connectivity index (χ0v) is 15.3. The first-order valence-corrected chi connectivity index (χ1v) is 9.48. The summed E-state index contributed by atoms with van der Waals surface area (Å²) in [6.07, 6.45) is 0.